The van der Waals surface area contributed by atoms with Gasteiger partial charge in [0, 0.05) is 12.1 Å². The Labute approximate surface area is 161 Å². The maximum Gasteiger partial charge on any atom is 0.269 e. The molecule has 0 radical (unpaired) electrons. The molecule has 2 fully saturated rings. The Morgan fingerprint density at radius 2 is 1.67 bits per heavy atom. The minimum absolute atomic E-state index is 0.147. The van der Waals surface area contributed by atoms with E-state index in [0.29, 0.717) is 11.8 Å². The van der Waals surface area contributed by atoms with Crippen molar-refractivity contribution in [2.24, 2.45) is 23.2 Å². The first kappa shape index (κ1) is 18.0. The lowest BCUT2D eigenvalue weighted by Crippen LogP contribution is -2.25. The number of fused-ring (bicyclic) bond motifs is 1. The van der Waals surface area contributed by atoms with Gasteiger partial charge in [0.15, 0.2) is 0 Å². The van der Waals surface area contributed by atoms with E-state index in [1.54, 1.807) is 12.1 Å². The second-order valence-corrected chi connectivity index (χ2v) is 8.70. The molecule has 2 aromatic rings. The van der Waals surface area contributed by atoms with Crippen LogP contribution in [0.4, 0.5) is 5.69 Å². The first-order valence-electron chi connectivity index (χ1n) is 9.96. The molecule has 2 aliphatic carbocycles. The molecule has 27 heavy (non-hydrogen) atoms. The van der Waals surface area contributed by atoms with Crippen molar-refractivity contribution in [3.8, 4) is 0 Å². The monoisotopic (exact) mass is 361 g/mol. The predicted molar refractivity (Wildman–Crippen MR) is 109 cm³/mol. The Balaban J connectivity index is 1.63. The quantitative estimate of drug-likeness (QED) is 0.463. The highest BCUT2D eigenvalue weighted by Crippen LogP contribution is 2.64. The van der Waals surface area contributed by atoms with Crippen LogP contribution in [0, 0.1) is 33.3 Å². The highest BCUT2D eigenvalue weighted by atomic mass is 16.6. The molecule has 4 unspecified atom stereocenters. The fourth-order valence-corrected chi connectivity index (χ4v) is 5.84. The van der Waals surface area contributed by atoms with Crippen LogP contribution in [0.2, 0.25) is 0 Å². The normalized spacial score (nSPS) is 29.1. The number of nitro groups is 1. The molecule has 3 heteroatoms. The van der Waals surface area contributed by atoms with Crippen molar-refractivity contribution < 1.29 is 4.92 Å². The summed E-state index contributed by atoms with van der Waals surface area (Å²) in [5, 5.41) is 10.8. The third-order valence-corrected chi connectivity index (χ3v) is 6.93. The summed E-state index contributed by atoms with van der Waals surface area (Å²) < 4.78 is 0. The maximum absolute atomic E-state index is 10.8. The van der Waals surface area contributed by atoms with Crippen LogP contribution >= 0.6 is 0 Å². The third kappa shape index (κ3) is 3.20. The Hall–Kier alpha value is -2.42. The van der Waals surface area contributed by atoms with Gasteiger partial charge in [-0.2, -0.15) is 0 Å². The molecule has 0 aliphatic heterocycles. The maximum atomic E-state index is 10.8. The lowest BCUT2D eigenvalue weighted by atomic mass is 9.70. The number of non-ortho nitro benzene ring substituents is 1. The van der Waals surface area contributed by atoms with Crippen molar-refractivity contribution in [2.45, 2.75) is 39.0 Å². The summed E-state index contributed by atoms with van der Waals surface area (Å²) in [6.07, 6.45) is 8.52. The molecule has 0 spiro atoms. The van der Waals surface area contributed by atoms with Gasteiger partial charge in [-0.3, -0.25) is 10.1 Å². The molecule has 2 saturated carbocycles. The summed E-state index contributed by atoms with van der Waals surface area (Å²) in [5.41, 5.74) is 2.86. The number of hydrogen-bond acceptors (Lipinski definition) is 2. The standard InChI is InChI=1S/C24H27NO2/c1-24(2)22(16-13-17-11-14-19(15-12-17)25(26)27)20-9-6-10-21(20)23(24)18-7-4-3-5-8-18/h3-5,7-8,11-16,20-23H,6,9-10H2,1-2H3/b16-13+. The molecule has 2 aromatic carbocycles. The van der Waals surface area contributed by atoms with Crippen LogP contribution < -0.4 is 0 Å². The zero-order chi connectivity index (χ0) is 19.0. The first-order valence-corrected chi connectivity index (χ1v) is 9.96. The van der Waals surface area contributed by atoms with Gasteiger partial charge >= 0.3 is 0 Å². The molecule has 0 aromatic heterocycles. The summed E-state index contributed by atoms with van der Waals surface area (Å²) in [6, 6.07) is 17.9. The summed E-state index contributed by atoms with van der Waals surface area (Å²) >= 11 is 0. The topological polar surface area (TPSA) is 43.1 Å². The van der Waals surface area contributed by atoms with Gasteiger partial charge in [-0.1, -0.05) is 62.8 Å². The van der Waals surface area contributed by atoms with Crippen LogP contribution in [-0.2, 0) is 0 Å². The van der Waals surface area contributed by atoms with Gasteiger partial charge in [0.05, 0.1) is 4.92 Å². The van der Waals surface area contributed by atoms with Crippen molar-refractivity contribution in [3.63, 3.8) is 0 Å². The average Bonchev–Trinajstić information content (AvgIpc) is 3.18. The van der Waals surface area contributed by atoms with Crippen LogP contribution in [0.3, 0.4) is 0 Å². The van der Waals surface area contributed by atoms with E-state index in [-0.39, 0.29) is 16.0 Å². The van der Waals surface area contributed by atoms with E-state index < -0.39 is 0 Å². The smallest absolute Gasteiger partial charge is 0.258 e. The van der Waals surface area contributed by atoms with Gasteiger partial charge in [-0.05, 0) is 65.2 Å². The predicted octanol–water partition coefficient (Wildman–Crippen LogP) is 6.46. The summed E-state index contributed by atoms with van der Waals surface area (Å²) in [6.45, 7) is 4.85. The molecule has 3 nitrogen and oxygen atoms in total. The second-order valence-electron chi connectivity index (χ2n) is 8.70. The summed E-state index contributed by atoms with van der Waals surface area (Å²) in [4.78, 5) is 10.5. The molecule has 2 aliphatic rings. The Morgan fingerprint density at radius 3 is 2.33 bits per heavy atom. The first-order chi connectivity index (χ1) is 13.0. The molecule has 0 heterocycles. The number of nitrogens with zero attached hydrogens (tertiary/aromatic N) is 1. The van der Waals surface area contributed by atoms with E-state index in [0.717, 1.165) is 17.4 Å². The molecule has 4 rings (SSSR count). The highest BCUT2D eigenvalue weighted by Gasteiger charge is 2.55. The van der Waals surface area contributed by atoms with Crippen molar-refractivity contribution in [3.05, 3.63) is 81.9 Å². The van der Waals surface area contributed by atoms with E-state index in [1.807, 2.05) is 12.1 Å². The molecule has 0 amide bonds. The SMILES string of the molecule is CC1(C)C(/C=C/c2ccc([N+](=O)[O-])cc2)C2CCCC2C1c1ccccc1. The Kier molecular flexibility index (Phi) is 4.63. The van der Waals surface area contributed by atoms with E-state index in [9.17, 15) is 10.1 Å². The van der Waals surface area contributed by atoms with E-state index >= 15 is 0 Å². The van der Waals surface area contributed by atoms with E-state index in [2.05, 4.69) is 56.3 Å². The van der Waals surface area contributed by atoms with Crippen LogP contribution in [0.5, 0.6) is 0 Å². The minimum atomic E-state index is -0.346. The van der Waals surface area contributed by atoms with Crippen LogP contribution in [-0.4, -0.2) is 4.92 Å². The molecular weight excluding hydrogens is 334 g/mol. The molecule has 0 saturated heterocycles. The zero-order valence-corrected chi connectivity index (χ0v) is 16.0. The van der Waals surface area contributed by atoms with Gasteiger partial charge in [0.25, 0.3) is 5.69 Å². The zero-order valence-electron chi connectivity index (χ0n) is 16.0. The molecule has 4 atom stereocenters. The van der Waals surface area contributed by atoms with Crippen molar-refractivity contribution in [1.82, 2.24) is 0 Å². The van der Waals surface area contributed by atoms with Gasteiger partial charge in [-0.25, -0.2) is 0 Å². The van der Waals surface area contributed by atoms with Crippen LogP contribution in [0.1, 0.15) is 50.2 Å². The fourth-order valence-electron chi connectivity index (χ4n) is 5.84. The van der Waals surface area contributed by atoms with Crippen molar-refractivity contribution in [1.29, 1.82) is 0 Å². The van der Waals surface area contributed by atoms with E-state index in [4.69, 9.17) is 0 Å². The third-order valence-electron chi connectivity index (χ3n) is 6.93. The number of allylic oxidation sites excluding steroid dienone is 1. The summed E-state index contributed by atoms with van der Waals surface area (Å²) in [5.74, 6) is 2.62. The van der Waals surface area contributed by atoms with Crippen LogP contribution in [0.25, 0.3) is 6.08 Å². The lowest BCUT2D eigenvalue weighted by molar-refractivity contribution is -0.384. The van der Waals surface area contributed by atoms with Gasteiger partial charge in [0.1, 0.15) is 0 Å². The molecule has 0 bridgehead atoms. The Morgan fingerprint density at radius 1 is 1.00 bits per heavy atom. The Bertz CT molecular complexity index is 838. The number of rotatable bonds is 4. The van der Waals surface area contributed by atoms with Crippen molar-refractivity contribution in [2.75, 3.05) is 0 Å². The van der Waals surface area contributed by atoms with E-state index in [1.165, 1.54) is 24.8 Å². The average molecular weight is 361 g/mol. The molecular formula is C24H27NO2. The molecule has 0 N–H and O–H groups in total. The van der Waals surface area contributed by atoms with Crippen molar-refractivity contribution >= 4 is 11.8 Å². The summed E-state index contributed by atoms with van der Waals surface area (Å²) in [7, 11) is 0. The molecule has 140 valence electrons. The number of nitro benzene ring substituents is 1. The fraction of sp³-hybridized carbons (Fsp3) is 0.417. The number of hydrogen-bond donors (Lipinski definition) is 0. The van der Waals surface area contributed by atoms with Gasteiger partial charge in [-0.15, -0.1) is 0 Å². The lowest BCUT2D eigenvalue weighted by Gasteiger charge is -2.34. The second kappa shape index (κ2) is 6.95. The van der Waals surface area contributed by atoms with Crippen LogP contribution in [0.15, 0.2) is 60.7 Å². The number of benzene rings is 2. The largest absolute Gasteiger partial charge is 0.269 e. The van der Waals surface area contributed by atoms with Gasteiger partial charge < -0.3 is 0 Å². The van der Waals surface area contributed by atoms with Gasteiger partial charge in [0.2, 0.25) is 0 Å². The highest BCUT2D eigenvalue weighted by molar-refractivity contribution is 5.52. The minimum Gasteiger partial charge on any atom is -0.258 e.